The summed E-state index contributed by atoms with van der Waals surface area (Å²) in [5, 5.41) is 10.4. The number of azo groups is 1. The number of hydrogen-bond acceptors (Lipinski definition) is 5. The Morgan fingerprint density at radius 2 is 1.83 bits per heavy atom. The van der Waals surface area contributed by atoms with E-state index in [0.717, 1.165) is 16.5 Å². The first kappa shape index (κ1) is 15.5. The molecule has 0 radical (unpaired) electrons. The molecule has 0 saturated carbocycles. The van der Waals surface area contributed by atoms with Gasteiger partial charge in [-0.2, -0.15) is 13.5 Å². The van der Waals surface area contributed by atoms with Gasteiger partial charge in [-0.25, -0.2) is 0 Å². The largest absolute Gasteiger partial charge is 0.307 e. The standard InChI is InChI=1S/C16H15N3O3S/c17-16(23(20,21)22)10-8-13(9-11-16)18-19-15-7-3-5-12-4-1-2-6-14(12)15/h1-10H,11,17H2,(H,20,21,22). The van der Waals surface area contributed by atoms with Gasteiger partial charge in [0.25, 0.3) is 10.1 Å². The van der Waals surface area contributed by atoms with E-state index in [1.54, 1.807) is 0 Å². The van der Waals surface area contributed by atoms with Crippen molar-refractivity contribution >= 4 is 26.6 Å². The number of rotatable bonds is 3. The first-order valence-electron chi connectivity index (χ1n) is 6.94. The zero-order valence-corrected chi connectivity index (χ0v) is 12.9. The van der Waals surface area contributed by atoms with E-state index in [1.165, 1.54) is 18.2 Å². The molecule has 0 bridgehead atoms. The molecule has 0 aromatic heterocycles. The molecular weight excluding hydrogens is 314 g/mol. The molecule has 0 fully saturated rings. The second-order valence-corrected chi connectivity index (χ2v) is 7.00. The van der Waals surface area contributed by atoms with Gasteiger partial charge in [0.15, 0.2) is 4.87 Å². The molecule has 6 nitrogen and oxygen atoms in total. The molecule has 23 heavy (non-hydrogen) atoms. The van der Waals surface area contributed by atoms with Gasteiger partial charge in [0, 0.05) is 11.8 Å². The molecule has 118 valence electrons. The lowest BCUT2D eigenvalue weighted by atomic mass is 10.1. The molecule has 1 unspecified atom stereocenters. The third-order valence-corrected chi connectivity index (χ3v) is 4.95. The van der Waals surface area contributed by atoms with Gasteiger partial charge < -0.3 is 5.73 Å². The zero-order valence-electron chi connectivity index (χ0n) is 12.1. The monoisotopic (exact) mass is 329 g/mol. The molecule has 3 N–H and O–H groups in total. The number of nitrogens with zero attached hydrogens (tertiary/aromatic N) is 2. The Balaban J connectivity index is 1.86. The second-order valence-electron chi connectivity index (χ2n) is 5.29. The summed E-state index contributed by atoms with van der Waals surface area (Å²) in [6.45, 7) is 0. The Labute approximate surface area is 133 Å². The van der Waals surface area contributed by atoms with Crippen LogP contribution in [0.1, 0.15) is 6.42 Å². The van der Waals surface area contributed by atoms with Gasteiger partial charge in [-0.05, 0) is 23.6 Å². The fourth-order valence-corrected chi connectivity index (χ4v) is 2.83. The maximum absolute atomic E-state index is 11.2. The van der Waals surface area contributed by atoms with Crippen LogP contribution in [-0.4, -0.2) is 17.8 Å². The summed E-state index contributed by atoms with van der Waals surface area (Å²) >= 11 is 0. The number of allylic oxidation sites excluding steroid dienone is 1. The maximum atomic E-state index is 11.2. The third-order valence-electron chi connectivity index (χ3n) is 3.69. The van der Waals surface area contributed by atoms with Crippen LogP contribution in [0.15, 0.2) is 76.6 Å². The SMILES string of the molecule is NC1(S(=O)(=O)O)C=CC(N=Nc2cccc3ccccc23)=CC1. The van der Waals surface area contributed by atoms with Gasteiger partial charge in [0.1, 0.15) is 0 Å². The highest BCUT2D eigenvalue weighted by Gasteiger charge is 2.36. The van der Waals surface area contributed by atoms with Gasteiger partial charge in [-0.3, -0.25) is 4.55 Å². The average molecular weight is 329 g/mol. The number of fused-ring (bicyclic) bond motifs is 1. The predicted octanol–water partition coefficient (Wildman–Crippen LogP) is 3.31. The minimum absolute atomic E-state index is 0.0633. The predicted molar refractivity (Wildman–Crippen MR) is 88.8 cm³/mol. The highest BCUT2D eigenvalue weighted by atomic mass is 32.2. The van der Waals surface area contributed by atoms with Crippen LogP contribution in [-0.2, 0) is 10.1 Å². The first-order chi connectivity index (χ1) is 10.9. The van der Waals surface area contributed by atoms with Crippen LogP contribution in [0.4, 0.5) is 5.69 Å². The molecule has 0 amide bonds. The number of nitrogens with two attached hydrogens (primary N) is 1. The molecule has 1 atom stereocenters. The fourth-order valence-electron chi connectivity index (χ4n) is 2.30. The van der Waals surface area contributed by atoms with Crippen molar-refractivity contribution in [3.05, 3.63) is 66.4 Å². The van der Waals surface area contributed by atoms with Crippen LogP contribution in [0.5, 0.6) is 0 Å². The van der Waals surface area contributed by atoms with Crippen molar-refractivity contribution in [2.24, 2.45) is 16.0 Å². The molecule has 0 aliphatic heterocycles. The Bertz CT molecular complexity index is 943. The van der Waals surface area contributed by atoms with Crippen molar-refractivity contribution in [2.75, 3.05) is 0 Å². The van der Waals surface area contributed by atoms with Crippen LogP contribution in [0.2, 0.25) is 0 Å². The minimum atomic E-state index is -4.37. The molecule has 2 aromatic rings. The Morgan fingerprint density at radius 1 is 1.09 bits per heavy atom. The molecule has 0 saturated heterocycles. The van der Waals surface area contributed by atoms with Crippen LogP contribution in [0, 0.1) is 0 Å². The zero-order chi connectivity index (χ0) is 16.5. The summed E-state index contributed by atoms with van der Waals surface area (Å²) < 4.78 is 31.6. The van der Waals surface area contributed by atoms with E-state index >= 15 is 0 Å². The molecule has 2 aromatic carbocycles. The van der Waals surface area contributed by atoms with Gasteiger partial charge >= 0.3 is 0 Å². The highest BCUT2D eigenvalue weighted by Crippen LogP contribution is 2.28. The summed E-state index contributed by atoms with van der Waals surface area (Å²) in [6.07, 6.45) is 4.13. The Kier molecular flexibility index (Phi) is 3.85. The Hall–Kier alpha value is -2.35. The van der Waals surface area contributed by atoms with E-state index in [2.05, 4.69) is 10.2 Å². The molecule has 0 heterocycles. The lowest BCUT2D eigenvalue weighted by molar-refractivity contribution is 0.447. The summed E-state index contributed by atoms with van der Waals surface area (Å²) in [7, 11) is -4.37. The smallest absolute Gasteiger partial charge is 0.287 e. The average Bonchev–Trinajstić information content (AvgIpc) is 2.53. The highest BCUT2D eigenvalue weighted by molar-refractivity contribution is 7.87. The normalized spacial score (nSPS) is 21.7. The quantitative estimate of drug-likeness (QED) is 0.665. The van der Waals surface area contributed by atoms with E-state index in [9.17, 15) is 8.42 Å². The first-order valence-corrected chi connectivity index (χ1v) is 8.38. The lowest BCUT2D eigenvalue weighted by Crippen LogP contribution is -2.46. The summed E-state index contributed by atoms with van der Waals surface area (Å²) in [5.74, 6) is 0. The maximum Gasteiger partial charge on any atom is 0.287 e. The summed E-state index contributed by atoms with van der Waals surface area (Å²) in [6, 6.07) is 13.6. The van der Waals surface area contributed by atoms with Crippen LogP contribution < -0.4 is 5.73 Å². The van der Waals surface area contributed by atoms with E-state index in [-0.39, 0.29) is 6.42 Å². The summed E-state index contributed by atoms with van der Waals surface area (Å²) in [5.41, 5.74) is 6.85. The molecule has 3 rings (SSSR count). The molecular formula is C16H15N3O3S. The van der Waals surface area contributed by atoms with E-state index in [4.69, 9.17) is 10.3 Å². The van der Waals surface area contributed by atoms with Crippen LogP contribution >= 0.6 is 0 Å². The molecule has 0 spiro atoms. The van der Waals surface area contributed by atoms with Crippen molar-refractivity contribution < 1.29 is 13.0 Å². The summed E-state index contributed by atoms with van der Waals surface area (Å²) in [4.78, 5) is -1.80. The van der Waals surface area contributed by atoms with E-state index in [1.807, 2.05) is 42.5 Å². The fraction of sp³-hybridized carbons (Fsp3) is 0.125. The van der Waals surface area contributed by atoms with Gasteiger partial charge in [-0.1, -0.05) is 42.5 Å². The van der Waals surface area contributed by atoms with Crippen LogP contribution in [0.25, 0.3) is 10.8 Å². The topological polar surface area (TPSA) is 105 Å². The van der Waals surface area contributed by atoms with Crippen molar-refractivity contribution in [3.63, 3.8) is 0 Å². The van der Waals surface area contributed by atoms with Crippen LogP contribution in [0.3, 0.4) is 0 Å². The van der Waals surface area contributed by atoms with Gasteiger partial charge in [0.2, 0.25) is 0 Å². The lowest BCUT2D eigenvalue weighted by Gasteiger charge is -2.22. The van der Waals surface area contributed by atoms with Crippen molar-refractivity contribution in [2.45, 2.75) is 11.3 Å². The van der Waals surface area contributed by atoms with Gasteiger partial charge in [0.05, 0.1) is 11.4 Å². The van der Waals surface area contributed by atoms with Crippen molar-refractivity contribution in [1.29, 1.82) is 0 Å². The minimum Gasteiger partial charge on any atom is -0.307 e. The third kappa shape index (κ3) is 3.07. The van der Waals surface area contributed by atoms with E-state index in [0.29, 0.717) is 5.70 Å². The van der Waals surface area contributed by atoms with Gasteiger partial charge in [-0.15, -0.1) is 5.11 Å². The van der Waals surface area contributed by atoms with Crippen molar-refractivity contribution in [3.8, 4) is 0 Å². The second kappa shape index (κ2) is 5.69. The molecule has 1 aliphatic carbocycles. The van der Waals surface area contributed by atoms with Crippen molar-refractivity contribution in [1.82, 2.24) is 0 Å². The number of hydrogen-bond donors (Lipinski definition) is 2. The molecule has 7 heteroatoms. The number of benzene rings is 2. The van der Waals surface area contributed by atoms with E-state index < -0.39 is 15.0 Å². The Morgan fingerprint density at radius 3 is 2.52 bits per heavy atom. The molecule has 1 aliphatic rings.